The minimum Gasteiger partial charge on any atom is -0.465 e. The highest BCUT2D eigenvalue weighted by molar-refractivity contribution is 7.80. The first-order valence-corrected chi connectivity index (χ1v) is 9.79. The van der Waals surface area contributed by atoms with Gasteiger partial charge in [0.25, 0.3) is 0 Å². The summed E-state index contributed by atoms with van der Waals surface area (Å²) in [7, 11) is 1.35. The molecule has 144 valence electrons. The maximum absolute atomic E-state index is 13.8. The molecule has 0 saturated carbocycles. The largest absolute Gasteiger partial charge is 0.465 e. The summed E-state index contributed by atoms with van der Waals surface area (Å²) in [5, 5.41) is 6.93. The van der Waals surface area contributed by atoms with Gasteiger partial charge in [-0.3, -0.25) is 0 Å². The molecule has 1 aromatic heterocycles. The zero-order valence-corrected chi connectivity index (χ0v) is 17.0. The van der Waals surface area contributed by atoms with Gasteiger partial charge in [-0.2, -0.15) is 0 Å². The van der Waals surface area contributed by atoms with Gasteiger partial charge in [0.1, 0.15) is 16.4 Å². The average molecular weight is 415 g/mol. The molecule has 0 fully saturated rings. The summed E-state index contributed by atoms with van der Waals surface area (Å²) in [6, 6.07) is 16.1. The van der Waals surface area contributed by atoms with E-state index < -0.39 is 5.97 Å². The fraction of sp³-hybridized carbons (Fsp3) is 0.143. The van der Waals surface area contributed by atoms with Crippen molar-refractivity contribution in [3.63, 3.8) is 0 Å². The second kappa shape index (κ2) is 8.95. The lowest BCUT2D eigenvalue weighted by atomic mass is 10.0. The van der Waals surface area contributed by atoms with Gasteiger partial charge < -0.3 is 15.4 Å². The Bertz CT molecular complexity index is 1000. The Labute approximate surface area is 172 Å². The molecular formula is C21H19FN2O2S2. The standard InChI is InChI=1S/C21H19FN2O2S2/c1-13-17(14-8-4-3-5-9-14)18(20(25)26-2)19(28-13)24-21(27)23-12-15-10-6-7-11-16(15)22/h3-11H,12H2,1-2H3,(H2,23,24,27). The Hall–Kier alpha value is -2.77. The van der Waals surface area contributed by atoms with Crippen molar-refractivity contribution in [2.45, 2.75) is 13.5 Å². The normalized spacial score (nSPS) is 10.4. The zero-order valence-electron chi connectivity index (χ0n) is 15.4. The summed E-state index contributed by atoms with van der Waals surface area (Å²) in [4.78, 5) is 13.4. The van der Waals surface area contributed by atoms with Crippen LogP contribution in [0.4, 0.5) is 9.39 Å². The first-order chi connectivity index (χ1) is 13.5. The maximum atomic E-state index is 13.8. The lowest BCUT2D eigenvalue weighted by Crippen LogP contribution is -2.28. The number of thiophene rings is 1. The number of benzene rings is 2. The molecule has 2 aromatic carbocycles. The molecule has 2 N–H and O–H groups in total. The average Bonchev–Trinajstić information content (AvgIpc) is 3.03. The van der Waals surface area contributed by atoms with E-state index in [2.05, 4.69) is 10.6 Å². The van der Waals surface area contributed by atoms with Crippen molar-refractivity contribution in [2.75, 3.05) is 12.4 Å². The van der Waals surface area contributed by atoms with Gasteiger partial charge in [0.15, 0.2) is 5.11 Å². The SMILES string of the molecule is COC(=O)c1c(NC(=S)NCc2ccccc2F)sc(C)c1-c1ccccc1. The number of carbonyl (C=O) groups is 1. The number of rotatable bonds is 5. The summed E-state index contributed by atoms with van der Waals surface area (Å²) >= 11 is 6.76. The van der Waals surface area contributed by atoms with Crippen LogP contribution in [0.15, 0.2) is 54.6 Å². The number of halogens is 1. The molecule has 0 radical (unpaired) electrons. The van der Waals surface area contributed by atoms with Gasteiger partial charge in [-0.05, 0) is 30.8 Å². The number of hydrogen-bond donors (Lipinski definition) is 2. The van der Waals surface area contributed by atoms with Crippen molar-refractivity contribution >= 4 is 39.6 Å². The van der Waals surface area contributed by atoms with Crippen LogP contribution in [0.1, 0.15) is 20.8 Å². The van der Waals surface area contributed by atoms with E-state index in [1.807, 2.05) is 37.3 Å². The van der Waals surface area contributed by atoms with Crippen molar-refractivity contribution < 1.29 is 13.9 Å². The quantitative estimate of drug-likeness (QED) is 0.447. The topological polar surface area (TPSA) is 50.4 Å². The summed E-state index contributed by atoms with van der Waals surface area (Å²) in [5.41, 5.74) is 2.69. The van der Waals surface area contributed by atoms with Crippen LogP contribution < -0.4 is 10.6 Å². The molecule has 0 saturated heterocycles. The number of methoxy groups -OCH3 is 1. The fourth-order valence-electron chi connectivity index (χ4n) is 2.85. The molecule has 7 heteroatoms. The van der Waals surface area contributed by atoms with Gasteiger partial charge in [-0.15, -0.1) is 11.3 Å². The Morgan fingerprint density at radius 1 is 1.14 bits per heavy atom. The minimum atomic E-state index is -0.442. The van der Waals surface area contributed by atoms with E-state index in [-0.39, 0.29) is 12.4 Å². The van der Waals surface area contributed by atoms with E-state index in [9.17, 15) is 9.18 Å². The molecule has 0 spiro atoms. The lowest BCUT2D eigenvalue weighted by molar-refractivity contribution is 0.0603. The number of aryl methyl sites for hydroxylation is 1. The second-order valence-electron chi connectivity index (χ2n) is 5.99. The molecule has 4 nitrogen and oxygen atoms in total. The molecule has 0 bridgehead atoms. The summed E-state index contributed by atoms with van der Waals surface area (Å²) < 4.78 is 18.8. The van der Waals surface area contributed by atoms with Crippen molar-refractivity contribution in [1.29, 1.82) is 0 Å². The number of thiocarbonyl (C=S) groups is 1. The molecule has 28 heavy (non-hydrogen) atoms. The first-order valence-electron chi connectivity index (χ1n) is 8.56. The van der Waals surface area contributed by atoms with E-state index >= 15 is 0 Å². The smallest absolute Gasteiger partial charge is 0.341 e. The predicted molar refractivity (Wildman–Crippen MR) is 115 cm³/mol. The molecule has 0 unspecified atom stereocenters. The zero-order chi connectivity index (χ0) is 20.1. The highest BCUT2D eigenvalue weighted by atomic mass is 32.1. The molecular weight excluding hydrogens is 395 g/mol. The van der Waals surface area contributed by atoms with Crippen LogP contribution in [0.25, 0.3) is 11.1 Å². The van der Waals surface area contributed by atoms with E-state index in [0.717, 1.165) is 16.0 Å². The summed E-state index contributed by atoms with van der Waals surface area (Å²) in [6.07, 6.45) is 0. The number of hydrogen-bond acceptors (Lipinski definition) is 4. The van der Waals surface area contributed by atoms with Crippen LogP contribution in [0, 0.1) is 12.7 Å². The number of esters is 1. The molecule has 0 atom stereocenters. The van der Waals surface area contributed by atoms with Gasteiger partial charge in [-0.1, -0.05) is 48.5 Å². The fourth-order valence-corrected chi connectivity index (χ4v) is 4.15. The second-order valence-corrected chi connectivity index (χ2v) is 7.63. The van der Waals surface area contributed by atoms with Crippen molar-refractivity contribution in [3.8, 4) is 11.1 Å². The van der Waals surface area contributed by atoms with Crippen LogP contribution in [-0.4, -0.2) is 18.2 Å². The molecule has 0 aliphatic rings. The number of ether oxygens (including phenoxy) is 1. The Balaban J connectivity index is 1.84. The van der Waals surface area contributed by atoms with Gasteiger partial charge in [-0.25, -0.2) is 9.18 Å². The van der Waals surface area contributed by atoms with Crippen LogP contribution in [0.2, 0.25) is 0 Å². The van der Waals surface area contributed by atoms with Crippen molar-refractivity contribution in [1.82, 2.24) is 5.32 Å². The highest BCUT2D eigenvalue weighted by Crippen LogP contribution is 2.40. The van der Waals surface area contributed by atoms with Crippen molar-refractivity contribution in [3.05, 3.63) is 76.4 Å². The van der Waals surface area contributed by atoms with Crippen molar-refractivity contribution in [2.24, 2.45) is 0 Å². The Morgan fingerprint density at radius 2 is 1.82 bits per heavy atom. The van der Waals surface area contributed by atoms with Gasteiger partial charge in [0.2, 0.25) is 0 Å². The summed E-state index contributed by atoms with van der Waals surface area (Å²) in [5.74, 6) is -0.742. The van der Waals surface area contributed by atoms with Gasteiger partial charge >= 0.3 is 5.97 Å². The van der Waals surface area contributed by atoms with E-state index in [1.54, 1.807) is 18.2 Å². The Morgan fingerprint density at radius 3 is 2.50 bits per heavy atom. The molecule has 1 heterocycles. The third kappa shape index (κ3) is 4.37. The highest BCUT2D eigenvalue weighted by Gasteiger charge is 2.24. The van der Waals surface area contributed by atoms with Crippen LogP contribution in [0.5, 0.6) is 0 Å². The van der Waals surface area contributed by atoms with Gasteiger partial charge in [0, 0.05) is 22.5 Å². The summed E-state index contributed by atoms with van der Waals surface area (Å²) in [6.45, 7) is 2.18. The van der Waals surface area contributed by atoms with Crippen LogP contribution in [0.3, 0.4) is 0 Å². The molecule has 0 aliphatic heterocycles. The van der Waals surface area contributed by atoms with E-state index in [4.69, 9.17) is 17.0 Å². The van der Waals surface area contributed by atoms with Gasteiger partial charge in [0.05, 0.1) is 7.11 Å². The van der Waals surface area contributed by atoms with Crippen LogP contribution >= 0.6 is 23.6 Å². The number of nitrogens with one attached hydrogen (secondary N) is 2. The number of anilines is 1. The van der Waals surface area contributed by atoms with Crippen LogP contribution in [-0.2, 0) is 11.3 Å². The molecule has 0 amide bonds. The lowest BCUT2D eigenvalue weighted by Gasteiger charge is -2.12. The Kier molecular flexibility index (Phi) is 6.38. The third-order valence-corrected chi connectivity index (χ3v) is 5.43. The molecule has 0 aliphatic carbocycles. The monoisotopic (exact) mass is 414 g/mol. The molecule has 3 aromatic rings. The van der Waals surface area contributed by atoms with E-state index in [0.29, 0.717) is 21.2 Å². The number of carbonyl (C=O) groups excluding carboxylic acids is 1. The maximum Gasteiger partial charge on any atom is 0.341 e. The van der Waals surface area contributed by atoms with E-state index in [1.165, 1.54) is 24.5 Å². The first kappa shape index (κ1) is 20.0. The third-order valence-electron chi connectivity index (χ3n) is 4.16. The predicted octanol–water partition coefficient (Wildman–Crippen LogP) is 5.14. The minimum absolute atomic E-state index is 0.238. The molecule has 3 rings (SSSR count).